The molecule has 2 unspecified atom stereocenters. The fraction of sp³-hybridized carbons (Fsp3) is 0.407. The SMILES string of the molecule is CC1CN(c2cc(N3CCN(c4ncccc4C(F)(F)F)CC3)cc(-c3ccc(F)c(Cl)c3)n2)CC(C)O1. The molecule has 2 fully saturated rings. The zero-order valence-corrected chi connectivity index (χ0v) is 21.8. The van der Waals surface area contributed by atoms with Crippen LogP contribution < -0.4 is 14.7 Å². The average molecular weight is 550 g/mol. The number of rotatable bonds is 4. The number of halogens is 5. The van der Waals surface area contributed by atoms with E-state index in [1.165, 1.54) is 18.3 Å². The Morgan fingerprint density at radius 3 is 2.26 bits per heavy atom. The predicted octanol–water partition coefficient (Wildman–Crippen LogP) is 5.90. The van der Waals surface area contributed by atoms with Gasteiger partial charge < -0.3 is 19.4 Å². The number of ether oxygens (including phenoxy) is 1. The van der Waals surface area contributed by atoms with Gasteiger partial charge in [-0.2, -0.15) is 13.2 Å². The summed E-state index contributed by atoms with van der Waals surface area (Å²) in [6.07, 6.45) is -3.04. The molecule has 1 aromatic carbocycles. The molecule has 202 valence electrons. The van der Waals surface area contributed by atoms with E-state index in [2.05, 4.69) is 14.8 Å². The van der Waals surface area contributed by atoms with E-state index in [1.54, 1.807) is 17.0 Å². The Morgan fingerprint density at radius 2 is 1.61 bits per heavy atom. The van der Waals surface area contributed by atoms with Crippen LogP contribution in [0.25, 0.3) is 11.3 Å². The topological polar surface area (TPSA) is 44.7 Å². The summed E-state index contributed by atoms with van der Waals surface area (Å²) >= 11 is 6.07. The number of nitrogens with zero attached hydrogens (tertiary/aromatic N) is 5. The van der Waals surface area contributed by atoms with Gasteiger partial charge in [-0.05, 0) is 50.2 Å². The van der Waals surface area contributed by atoms with E-state index in [0.717, 1.165) is 17.6 Å². The molecule has 2 aliphatic rings. The molecule has 0 saturated carbocycles. The number of hydrogen-bond acceptors (Lipinski definition) is 6. The summed E-state index contributed by atoms with van der Waals surface area (Å²) in [4.78, 5) is 14.9. The lowest BCUT2D eigenvalue weighted by Gasteiger charge is -2.39. The summed E-state index contributed by atoms with van der Waals surface area (Å²) in [7, 11) is 0. The molecule has 0 radical (unpaired) electrons. The maximum absolute atomic E-state index is 13.9. The third-order valence-corrected chi connectivity index (χ3v) is 7.08. The lowest BCUT2D eigenvalue weighted by molar-refractivity contribution is -0.137. The summed E-state index contributed by atoms with van der Waals surface area (Å²) in [5.41, 5.74) is 1.47. The van der Waals surface area contributed by atoms with Crippen molar-refractivity contribution in [2.75, 3.05) is 54.0 Å². The van der Waals surface area contributed by atoms with Crippen LogP contribution >= 0.6 is 11.6 Å². The number of piperazine rings is 1. The van der Waals surface area contributed by atoms with Crippen molar-refractivity contribution in [1.29, 1.82) is 0 Å². The molecule has 6 nitrogen and oxygen atoms in total. The molecule has 2 atom stereocenters. The summed E-state index contributed by atoms with van der Waals surface area (Å²) in [5.74, 6) is 0.200. The fourth-order valence-corrected chi connectivity index (χ4v) is 5.24. The lowest BCUT2D eigenvalue weighted by Crippen LogP contribution is -2.48. The van der Waals surface area contributed by atoms with Gasteiger partial charge in [-0.25, -0.2) is 14.4 Å². The highest BCUT2D eigenvalue weighted by molar-refractivity contribution is 6.31. The Labute approximate surface area is 223 Å². The number of hydrogen-bond donors (Lipinski definition) is 0. The summed E-state index contributed by atoms with van der Waals surface area (Å²) in [6.45, 7) is 7.10. The molecule has 5 rings (SSSR count). The zero-order valence-electron chi connectivity index (χ0n) is 21.1. The molecule has 38 heavy (non-hydrogen) atoms. The maximum Gasteiger partial charge on any atom is 0.419 e. The van der Waals surface area contributed by atoms with Gasteiger partial charge in [0.25, 0.3) is 0 Å². The summed E-state index contributed by atoms with van der Waals surface area (Å²) in [5, 5.41) is 0.00862. The molecule has 2 aliphatic heterocycles. The molecule has 0 aliphatic carbocycles. The van der Waals surface area contributed by atoms with E-state index in [0.29, 0.717) is 50.5 Å². The van der Waals surface area contributed by atoms with Crippen molar-refractivity contribution < 1.29 is 22.3 Å². The minimum atomic E-state index is -4.47. The number of anilines is 3. The molecule has 4 heterocycles. The van der Waals surface area contributed by atoms with E-state index in [-0.39, 0.29) is 23.0 Å². The number of aromatic nitrogens is 2. The van der Waals surface area contributed by atoms with Gasteiger partial charge in [-0.1, -0.05) is 11.6 Å². The Balaban J connectivity index is 1.45. The van der Waals surface area contributed by atoms with Crippen molar-refractivity contribution >= 4 is 28.9 Å². The molecule has 0 spiro atoms. The second kappa shape index (κ2) is 10.6. The van der Waals surface area contributed by atoms with Gasteiger partial charge in [-0.3, -0.25) is 0 Å². The lowest BCUT2D eigenvalue weighted by atomic mass is 10.1. The first kappa shape index (κ1) is 26.5. The van der Waals surface area contributed by atoms with Crippen molar-refractivity contribution in [2.24, 2.45) is 0 Å². The second-order valence-corrected chi connectivity index (χ2v) is 10.1. The van der Waals surface area contributed by atoms with Gasteiger partial charge in [0.1, 0.15) is 17.5 Å². The smallest absolute Gasteiger partial charge is 0.372 e. The normalized spacial score (nSPS) is 20.7. The van der Waals surface area contributed by atoms with Gasteiger partial charge >= 0.3 is 6.18 Å². The molecule has 0 bridgehead atoms. The van der Waals surface area contributed by atoms with Crippen LogP contribution in [-0.2, 0) is 10.9 Å². The highest BCUT2D eigenvalue weighted by Gasteiger charge is 2.36. The van der Waals surface area contributed by atoms with Gasteiger partial charge in [0.05, 0.1) is 28.5 Å². The van der Waals surface area contributed by atoms with Crippen LogP contribution in [0.2, 0.25) is 5.02 Å². The van der Waals surface area contributed by atoms with Crippen LogP contribution in [0.4, 0.5) is 34.9 Å². The van der Waals surface area contributed by atoms with Crippen molar-refractivity contribution in [3.63, 3.8) is 0 Å². The second-order valence-electron chi connectivity index (χ2n) is 9.71. The van der Waals surface area contributed by atoms with E-state index >= 15 is 0 Å². The van der Waals surface area contributed by atoms with Crippen LogP contribution in [0.5, 0.6) is 0 Å². The van der Waals surface area contributed by atoms with Gasteiger partial charge in [0.15, 0.2) is 0 Å². The maximum atomic E-state index is 13.9. The number of pyridine rings is 2. The largest absolute Gasteiger partial charge is 0.419 e. The zero-order chi connectivity index (χ0) is 27.0. The van der Waals surface area contributed by atoms with E-state index < -0.39 is 17.6 Å². The molecular formula is C27H28ClF4N5O. The summed E-state index contributed by atoms with van der Waals surface area (Å²) in [6, 6.07) is 10.8. The molecule has 11 heteroatoms. The predicted molar refractivity (Wildman–Crippen MR) is 141 cm³/mol. The van der Waals surface area contributed by atoms with E-state index in [9.17, 15) is 17.6 Å². The van der Waals surface area contributed by atoms with Crippen LogP contribution in [-0.4, -0.2) is 61.4 Å². The van der Waals surface area contributed by atoms with Crippen LogP contribution in [0.1, 0.15) is 19.4 Å². The minimum Gasteiger partial charge on any atom is -0.372 e. The van der Waals surface area contributed by atoms with Crippen molar-refractivity contribution in [1.82, 2.24) is 9.97 Å². The average Bonchev–Trinajstić information content (AvgIpc) is 2.89. The Kier molecular flexibility index (Phi) is 7.37. The Hall–Kier alpha value is -3.11. The highest BCUT2D eigenvalue weighted by atomic mass is 35.5. The third kappa shape index (κ3) is 5.66. The van der Waals surface area contributed by atoms with Crippen LogP contribution in [0.15, 0.2) is 48.7 Å². The first-order chi connectivity index (χ1) is 18.1. The van der Waals surface area contributed by atoms with Gasteiger partial charge in [0, 0.05) is 62.8 Å². The van der Waals surface area contributed by atoms with Crippen LogP contribution in [0.3, 0.4) is 0 Å². The van der Waals surface area contributed by atoms with Crippen LogP contribution in [0, 0.1) is 5.82 Å². The molecule has 2 aromatic heterocycles. The van der Waals surface area contributed by atoms with Crippen molar-refractivity contribution in [2.45, 2.75) is 32.2 Å². The Bertz CT molecular complexity index is 1290. The number of alkyl halides is 3. The van der Waals surface area contributed by atoms with Gasteiger partial charge in [-0.15, -0.1) is 0 Å². The quantitative estimate of drug-likeness (QED) is 0.378. The van der Waals surface area contributed by atoms with Gasteiger partial charge in [0.2, 0.25) is 0 Å². The van der Waals surface area contributed by atoms with E-state index in [4.69, 9.17) is 21.3 Å². The molecule has 3 aromatic rings. The molecule has 2 saturated heterocycles. The molecule has 0 N–H and O–H groups in total. The minimum absolute atomic E-state index is 0.00862. The van der Waals surface area contributed by atoms with Crippen molar-refractivity contribution in [3.8, 4) is 11.3 Å². The Morgan fingerprint density at radius 1 is 0.921 bits per heavy atom. The number of benzene rings is 1. The number of morpholine rings is 1. The molecule has 0 amide bonds. The first-order valence-corrected chi connectivity index (χ1v) is 12.9. The van der Waals surface area contributed by atoms with E-state index in [1.807, 2.05) is 26.0 Å². The fourth-order valence-electron chi connectivity index (χ4n) is 5.06. The third-order valence-electron chi connectivity index (χ3n) is 6.79. The molecular weight excluding hydrogens is 522 g/mol. The van der Waals surface area contributed by atoms with Crippen molar-refractivity contribution in [3.05, 3.63) is 65.1 Å². The standard InChI is InChI=1S/C27H28ClF4N5O/c1-17-15-37(16-18(2)38-17)25-14-20(13-24(34-25)19-5-6-23(29)22(28)12-19)35-8-10-36(11-9-35)26-21(27(30,31)32)4-3-7-33-26/h3-7,12-14,17-18H,8-11,15-16H2,1-2H3. The summed E-state index contributed by atoms with van der Waals surface area (Å²) < 4.78 is 60.4. The first-order valence-electron chi connectivity index (χ1n) is 12.5. The monoisotopic (exact) mass is 549 g/mol. The highest BCUT2D eigenvalue weighted by Crippen LogP contribution is 2.36.